The summed E-state index contributed by atoms with van der Waals surface area (Å²) in [5.74, 6) is -0.584. The molecule has 0 aliphatic carbocycles. The van der Waals surface area contributed by atoms with Crippen LogP contribution in [0.4, 0.5) is 0 Å². The minimum atomic E-state index is -0.584. The number of H-pyrrole nitrogens is 1. The van der Waals surface area contributed by atoms with Crippen molar-refractivity contribution < 1.29 is 9.53 Å². The maximum Gasteiger partial charge on any atom is 0.356 e. The van der Waals surface area contributed by atoms with E-state index in [-0.39, 0.29) is 17.3 Å². The third-order valence-electron chi connectivity index (χ3n) is 2.78. The van der Waals surface area contributed by atoms with Gasteiger partial charge in [0.05, 0.1) is 28.0 Å². The van der Waals surface area contributed by atoms with Crippen LogP contribution >= 0.6 is 23.2 Å². The lowest BCUT2D eigenvalue weighted by atomic mass is 10.3. The number of imidazole rings is 1. The van der Waals surface area contributed by atoms with E-state index in [1.165, 1.54) is 4.57 Å². The first-order valence-electron chi connectivity index (χ1n) is 5.90. The van der Waals surface area contributed by atoms with Crippen LogP contribution in [0, 0.1) is 6.92 Å². The van der Waals surface area contributed by atoms with Crippen molar-refractivity contribution in [1.82, 2.24) is 9.55 Å². The second kappa shape index (κ2) is 5.73. The summed E-state index contributed by atoms with van der Waals surface area (Å²) in [5.41, 5.74) is 0.452. The van der Waals surface area contributed by atoms with Crippen LogP contribution < -0.4 is 5.69 Å². The molecule has 20 heavy (non-hydrogen) atoms. The maximum absolute atomic E-state index is 12.0. The highest BCUT2D eigenvalue weighted by molar-refractivity contribution is 6.43. The van der Waals surface area contributed by atoms with Crippen LogP contribution in [0.3, 0.4) is 0 Å². The van der Waals surface area contributed by atoms with Gasteiger partial charge in [-0.1, -0.05) is 29.3 Å². The number of ether oxygens (including phenoxy) is 1. The van der Waals surface area contributed by atoms with Crippen molar-refractivity contribution in [2.75, 3.05) is 6.61 Å². The van der Waals surface area contributed by atoms with E-state index < -0.39 is 11.7 Å². The van der Waals surface area contributed by atoms with E-state index in [1.807, 2.05) is 0 Å². The van der Waals surface area contributed by atoms with Crippen LogP contribution in [0.5, 0.6) is 0 Å². The summed E-state index contributed by atoms with van der Waals surface area (Å²) in [6, 6.07) is 4.94. The fourth-order valence-electron chi connectivity index (χ4n) is 1.87. The quantitative estimate of drug-likeness (QED) is 0.886. The number of nitrogens with zero attached hydrogens (tertiary/aromatic N) is 1. The zero-order chi connectivity index (χ0) is 14.9. The molecule has 7 heteroatoms. The lowest BCUT2D eigenvalue weighted by molar-refractivity contribution is 0.0519. The standard InChI is InChI=1S/C13H12Cl2N2O3/c1-3-20-12(18)11-7(2)17(13(19)16-11)9-6-4-5-8(14)10(9)15/h4-6H,3H2,1-2H3,(H,16,19). The Kier molecular flexibility index (Phi) is 4.20. The van der Waals surface area contributed by atoms with Gasteiger partial charge in [0, 0.05) is 0 Å². The molecular weight excluding hydrogens is 303 g/mol. The molecule has 2 aromatic rings. The van der Waals surface area contributed by atoms with Crippen LogP contribution in [0.15, 0.2) is 23.0 Å². The number of nitrogens with one attached hydrogen (secondary N) is 1. The van der Waals surface area contributed by atoms with Crippen LogP contribution in [0.1, 0.15) is 23.1 Å². The number of hydrogen-bond donors (Lipinski definition) is 1. The van der Waals surface area contributed by atoms with E-state index in [9.17, 15) is 9.59 Å². The third-order valence-corrected chi connectivity index (χ3v) is 3.59. The molecule has 5 nitrogen and oxygen atoms in total. The molecule has 0 radical (unpaired) electrons. The molecule has 1 aromatic heterocycles. The fourth-order valence-corrected chi connectivity index (χ4v) is 2.25. The van der Waals surface area contributed by atoms with Gasteiger partial charge < -0.3 is 4.74 Å². The van der Waals surface area contributed by atoms with Gasteiger partial charge in [0.1, 0.15) is 5.69 Å². The van der Waals surface area contributed by atoms with Gasteiger partial charge in [0.2, 0.25) is 0 Å². The summed E-state index contributed by atoms with van der Waals surface area (Å²) in [4.78, 5) is 26.3. The SMILES string of the molecule is CCOC(=O)c1[nH]c(=O)n(-c2cccc(Cl)c2Cl)c1C. The molecular formula is C13H12Cl2N2O3. The average molecular weight is 315 g/mol. The van der Waals surface area contributed by atoms with E-state index in [0.29, 0.717) is 16.4 Å². The zero-order valence-electron chi connectivity index (χ0n) is 10.9. The highest BCUT2D eigenvalue weighted by Crippen LogP contribution is 2.28. The van der Waals surface area contributed by atoms with Gasteiger partial charge in [-0.3, -0.25) is 9.55 Å². The summed E-state index contributed by atoms with van der Waals surface area (Å²) in [6.45, 7) is 3.54. The number of carbonyl (C=O) groups excluding carboxylic acids is 1. The molecule has 0 saturated heterocycles. The van der Waals surface area contributed by atoms with Gasteiger partial charge in [-0.15, -0.1) is 0 Å². The van der Waals surface area contributed by atoms with Crippen molar-refractivity contribution in [3.8, 4) is 5.69 Å². The van der Waals surface area contributed by atoms with Gasteiger partial charge in [-0.2, -0.15) is 0 Å². The molecule has 1 N–H and O–H groups in total. The maximum atomic E-state index is 12.0. The summed E-state index contributed by atoms with van der Waals surface area (Å²) in [7, 11) is 0. The van der Waals surface area contributed by atoms with Crippen molar-refractivity contribution in [3.05, 3.63) is 50.1 Å². The molecule has 106 valence electrons. The number of aromatic amines is 1. The average Bonchev–Trinajstić information content (AvgIpc) is 2.69. The Bertz CT molecular complexity index is 719. The van der Waals surface area contributed by atoms with Crippen molar-refractivity contribution in [3.63, 3.8) is 0 Å². The molecule has 0 spiro atoms. The highest BCUT2D eigenvalue weighted by atomic mass is 35.5. The number of carbonyl (C=O) groups is 1. The molecule has 0 bridgehead atoms. The Balaban J connectivity index is 2.62. The highest BCUT2D eigenvalue weighted by Gasteiger charge is 2.20. The molecule has 0 saturated carbocycles. The monoisotopic (exact) mass is 314 g/mol. The Morgan fingerprint density at radius 1 is 1.40 bits per heavy atom. The van der Waals surface area contributed by atoms with Gasteiger partial charge in [0.15, 0.2) is 0 Å². The molecule has 0 amide bonds. The number of rotatable bonds is 3. The second-order valence-corrected chi connectivity index (χ2v) is 4.80. The number of aromatic nitrogens is 2. The van der Waals surface area contributed by atoms with Crippen LogP contribution in [-0.2, 0) is 4.74 Å². The van der Waals surface area contributed by atoms with E-state index in [1.54, 1.807) is 32.0 Å². The summed E-state index contributed by atoms with van der Waals surface area (Å²) in [6.07, 6.45) is 0. The predicted molar refractivity (Wildman–Crippen MR) is 77.1 cm³/mol. The molecule has 2 rings (SSSR count). The molecule has 1 heterocycles. The molecule has 0 fully saturated rings. The van der Waals surface area contributed by atoms with Gasteiger partial charge >= 0.3 is 11.7 Å². The lowest BCUT2D eigenvalue weighted by Crippen LogP contribution is -2.16. The van der Waals surface area contributed by atoms with Crippen LogP contribution in [0.2, 0.25) is 10.0 Å². The Morgan fingerprint density at radius 2 is 2.10 bits per heavy atom. The number of esters is 1. The van der Waals surface area contributed by atoms with E-state index in [4.69, 9.17) is 27.9 Å². The Hall–Kier alpha value is -1.72. The van der Waals surface area contributed by atoms with Gasteiger partial charge in [-0.25, -0.2) is 9.59 Å². The first kappa shape index (κ1) is 14.7. The summed E-state index contributed by atoms with van der Waals surface area (Å²) >= 11 is 12.0. The largest absolute Gasteiger partial charge is 0.461 e. The molecule has 0 atom stereocenters. The molecule has 1 aromatic carbocycles. The van der Waals surface area contributed by atoms with Crippen LogP contribution in [-0.4, -0.2) is 22.1 Å². The predicted octanol–water partition coefficient (Wildman–Crippen LogP) is 2.96. The van der Waals surface area contributed by atoms with E-state index >= 15 is 0 Å². The smallest absolute Gasteiger partial charge is 0.356 e. The molecule has 0 unspecified atom stereocenters. The molecule has 0 aliphatic heterocycles. The minimum absolute atomic E-state index is 0.105. The first-order valence-corrected chi connectivity index (χ1v) is 6.66. The fraction of sp³-hybridized carbons (Fsp3) is 0.231. The number of benzene rings is 1. The summed E-state index contributed by atoms with van der Waals surface area (Å²) < 4.78 is 6.18. The van der Waals surface area contributed by atoms with Gasteiger partial charge in [0.25, 0.3) is 0 Å². The van der Waals surface area contributed by atoms with E-state index in [2.05, 4.69) is 4.98 Å². The zero-order valence-corrected chi connectivity index (χ0v) is 12.4. The number of halogens is 2. The molecule has 0 aliphatic rings. The summed E-state index contributed by atoms with van der Waals surface area (Å²) in [5, 5.41) is 0.572. The normalized spacial score (nSPS) is 10.6. The Labute approximate surface area is 125 Å². The van der Waals surface area contributed by atoms with Crippen LogP contribution in [0.25, 0.3) is 5.69 Å². The lowest BCUT2D eigenvalue weighted by Gasteiger charge is -2.08. The minimum Gasteiger partial charge on any atom is -0.461 e. The first-order chi connectivity index (χ1) is 9.47. The Morgan fingerprint density at radius 3 is 2.75 bits per heavy atom. The van der Waals surface area contributed by atoms with Crippen molar-refractivity contribution in [2.45, 2.75) is 13.8 Å². The number of hydrogen-bond acceptors (Lipinski definition) is 3. The van der Waals surface area contributed by atoms with Crippen molar-refractivity contribution >= 4 is 29.2 Å². The van der Waals surface area contributed by atoms with Crippen molar-refractivity contribution in [1.29, 1.82) is 0 Å². The second-order valence-electron chi connectivity index (χ2n) is 4.02. The van der Waals surface area contributed by atoms with Gasteiger partial charge in [-0.05, 0) is 26.0 Å². The van der Waals surface area contributed by atoms with Crippen molar-refractivity contribution in [2.24, 2.45) is 0 Å². The topological polar surface area (TPSA) is 64.1 Å². The van der Waals surface area contributed by atoms with E-state index in [0.717, 1.165) is 0 Å². The third kappa shape index (κ3) is 2.46.